The maximum Gasteiger partial charge on any atom is 0.226 e. The molecule has 1 unspecified atom stereocenters. The smallest absolute Gasteiger partial charge is 0.226 e. The van der Waals surface area contributed by atoms with Crippen molar-refractivity contribution in [3.8, 4) is 0 Å². The highest BCUT2D eigenvalue weighted by atomic mass is 16.7. The first kappa shape index (κ1) is 11.8. The third kappa shape index (κ3) is 2.21. The monoisotopic (exact) mass is 228 g/mol. The van der Waals surface area contributed by atoms with E-state index in [0.29, 0.717) is 12.5 Å². The summed E-state index contributed by atoms with van der Waals surface area (Å²) in [6, 6.07) is 0.376. The van der Waals surface area contributed by atoms with Crippen molar-refractivity contribution in [3.05, 3.63) is 0 Å². The first-order chi connectivity index (χ1) is 7.76. The Labute approximate surface area is 96.1 Å². The minimum Gasteiger partial charge on any atom is -0.356 e. The average molecular weight is 228 g/mol. The summed E-state index contributed by atoms with van der Waals surface area (Å²) in [6.45, 7) is 2.67. The topological polar surface area (TPSA) is 50.8 Å². The van der Waals surface area contributed by atoms with Gasteiger partial charge in [0.1, 0.15) is 0 Å². The second kappa shape index (κ2) is 5.12. The van der Waals surface area contributed by atoms with Crippen LogP contribution in [0.2, 0.25) is 0 Å². The normalized spacial score (nSPS) is 29.9. The van der Waals surface area contributed by atoms with Crippen molar-refractivity contribution in [1.82, 2.24) is 10.2 Å². The number of methoxy groups -OCH3 is 2. The minimum atomic E-state index is -0.261. The molecular formula is C11H20N2O3. The Kier molecular flexibility index (Phi) is 3.78. The van der Waals surface area contributed by atoms with Gasteiger partial charge in [0, 0.05) is 52.2 Å². The summed E-state index contributed by atoms with van der Waals surface area (Å²) < 4.78 is 10.3. The Hall–Kier alpha value is -0.650. The van der Waals surface area contributed by atoms with Crippen LogP contribution in [0.3, 0.4) is 0 Å². The van der Waals surface area contributed by atoms with Crippen molar-refractivity contribution in [2.75, 3.05) is 33.9 Å². The van der Waals surface area contributed by atoms with E-state index in [2.05, 4.69) is 5.32 Å². The Bertz CT molecular complexity index is 256. The molecule has 2 saturated heterocycles. The van der Waals surface area contributed by atoms with Crippen LogP contribution in [0.4, 0.5) is 0 Å². The summed E-state index contributed by atoms with van der Waals surface area (Å²) in [4.78, 5) is 14.1. The van der Waals surface area contributed by atoms with Crippen LogP contribution < -0.4 is 5.32 Å². The van der Waals surface area contributed by atoms with Gasteiger partial charge >= 0.3 is 0 Å². The number of ether oxygens (including phenoxy) is 2. The van der Waals surface area contributed by atoms with Crippen molar-refractivity contribution >= 4 is 5.91 Å². The third-order valence-electron chi connectivity index (χ3n) is 3.54. The van der Waals surface area contributed by atoms with Crippen LogP contribution in [0.25, 0.3) is 0 Å². The predicted octanol–water partition coefficient (Wildman–Crippen LogP) is -0.184. The molecule has 0 spiro atoms. The summed E-state index contributed by atoms with van der Waals surface area (Å²) in [5.74, 6) is 0.334. The van der Waals surface area contributed by atoms with E-state index >= 15 is 0 Å². The molecule has 0 saturated carbocycles. The molecule has 5 heteroatoms. The van der Waals surface area contributed by atoms with Crippen LogP contribution in [0.5, 0.6) is 0 Å². The van der Waals surface area contributed by atoms with E-state index in [-0.39, 0.29) is 18.1 Å². The van der Waals surface area contributed by atoms with Crippen molar-refractivity contribution in [2.24, 2.45) is 5.92 Å². The molecule has 16 heavy (non-hydrogen) atoms. The molecule has 0 aliphatic carbocycles. The van der Waals surface area contributed by atoms with Gasteiger partial charge < -0.3 is 19.7 Å². The lowest BCUT2D eigenvalue weighted by Crippen LogP contribution is -2.49. The van der Waals surface area contributed by atoms with Crippen molar-refractivity contribution in [1.29, 1.82) is 0 Å². The Balaban J connectivity index is 1.94. The van der Waals surface area contributed by atoms with Crippen molar-refractivity contribution in [2.45, 2.75) is 25.2 Å². The summed E-state index contributed by atoms with van der Waals surface area (Å²) in [5.41, 5.74) is 0. The Morgan fingerprint density at radius 3 is 2.88 bits per heavy atom. The fourth-order valence-corrected chi connectivity index (χ4v) is 2.64. The van der Waals surface area contributed by atoms with Crippen molar-refractivity contribution in [3.63, 3.8) is 0 Å². The summed E-state index contributed by atoms with van der Waals surface area (Å²) in [7, 11) is 3.23. The number of carbonyl (C=O) groups excluding carboxylic acids is 1. The summed E-state index contributed by atoms with van der Waals surface area (Å²) in [5, 5.41) is 3.32. The van der Waals surface area contributed by atoms with E-state index in [0.717, 1.165) is 26.1 Å². The first-order valence-electron chi connectivity index (χ1n) is 5.83. The molecule has 2 rings (SSSR count). The highest BCUT2D eigenvalue weighted by molar-refractivity contribution is 5.81. The largest absolute Gasteiger partial charge is 0.356 e. The average Bonchev–Trinajstić information content (AvgIpc) is 2.64. The SMILES string of the molecule is COC(CC1C[C@@H]2CNCCN2C1=O)OC. The van der Waals surface area contributed by atoms with Gasteiger partial charge in [0.05, 0.1) is 0 Å². The zero-order valence-corrected chi connectivity index (χ0v) is 9.94. The standard InChI is InChI=1S/C11H20N2O3/c1-15-10(16-2)6-8-5-9-7-12-3-4-13(9)11(8)14/h8-10,12H,3-7H2,1-2H3/t8?,9-/m1/s1. The number of nitrogens with zero attached hydrogens (tertiary/aromatic N) is 1. The molecule has 0 bridgehead atoms. The second-order valence-corrected chi connectivity index (χ2v) is 4.46. The van der Waals surface area contributed by atoms with E-state index in [1.165, 1.54) is 0 Å². The molecule has 1 amide bonds. The molecule has 2 fully saturated rings. The third-order valence-corrected chi connectivity index (χ3v) is 3.54. The van der Waals surface area contributed by atoms with E-state index in [1.807, 2.05) is 4.90 Å². The fourth-order valence-electron chi connectivity index (χ4n) is 2.64. The molecule has 2 aliphatic rings. The van der Waals surface area contributed by atoms with Gasteiger partial charge in [-0.1, -0.05) is 0 Å². The second-order valence-electron chi connectivity index (χ2n) is 4.46. The zero-order chi connectivity index (χ0) is 11.5. The zero-order valence-electron chi connectivity index (χ0n) is 9.94. The lowest BCUT2D eigenvalue weighted by molar-refractivity contribution is -0.140. The maximum absolute atomic E-state index is 12.1. The molecule has 0 aromatic heterocycles. The first-order valence-corrected chi connectivity index (χ1v) is 5.83. The van der Waals surface area contributed by atoms with E-state index in [4.69, 9.17) is 9.47 Å². The van der Waals surface area contributed by atoms with Gasteiger partial charge in [-0.2, -0.15) is 0 Å². The number of carbonyl (C=O) groups is 1. The lowest BCUT2D eigenvalue weighted by atomic mass is 10.0. The van der Waals surface area contributed by atoms with E-state index < -0.39 is 0 Å². The molecule has 0 aromatic carbocycles. The summed E-state index contributed by atoms with van der Waals surface area (Å²) in [6.07, 6.45) is 1.33. The van der Waals surface area contributed by atoms with Gasteiger partial charge in [-0.15, -0.1) is 0 Å². The molecule has 2 heterocycles. The molecule has 0 aromatic rings. The molecular weight excluding hydrogens is 208 g/mol. The minimum absolute atomic E-state index is 0.0646. The predicted molar refractivity (Wildman–Crippen MR) is 58.9 cm³/mol. The van der Waals surface area contributed by atoms with Gasteiger partial charge in [-0.25, -0.2) is 0 Å². The van der Waals surface area contributed by atoms with Gasteiger partial charge in [-0.3, -0.25) is 4.79 Å². The molecule has 5 nitrogen and oxygen atoms in total. The number of amides is 1. The molecule has 0 radical (unpaired) electrons. The molecule has 2 atom stereocenters. The van der Waals surface area contributed by atoms with Crippen LogP contribution in [0.1, 0.15) is 12.8 Å². The van der Waals surface area contributed by atoms with E-state index in [1.54, 1.807) is 14.2 Å². The Morgan fingerprint density at radius 1 is 1.50 bits per heavy atom. The maximum atomic E-state index is 12.1. The number of rotatable bonds is 4. The van der Waals surface area contributed by atoms with Gasteiger partial charge in [0.2, 0.25) is 5.91 Å². The Morgan fingerprint density at radius 2 is 2.25 bits per heavy atom. The van der Waals surface area contributed by atoms with Crippen molar-refractivity contribution < 1.29 is 14.3 Å². The number of nitrogens with one attached hydrogen (secondary N) is 1. The van der Waals surface area contributed by atoms with E-state index in [9.17, 15) is 4.79 Å². The highest BCUT2D eigenvalue weighted by Crippen LogP contribution is 2.29. The van der Waals surface area contributed by atoms with Crippen LogP contribution in [0, 0.1) is 5.92 Å². The van der Waals surface area contributed by atoms with Gasteiger partial charge in [0.15, 0.2) is 6.29 Å². The van der Waals surface area contributed by atoms with Gasteiger partial charge in [-0.05, 0) is 6.42 Å². The number of hydrogen-bond donors (Lipinski definition) is 1. The molecule has 2 aliphatic heterocycles. The molecule has 92 valence electrons. The van der Waals surface area contributed by atoms with Gasteiger partial charge in [0.25, 0.3) is 0 Å². The van der Waals surface area contributed by atoms with Crippen LogP contribution in [-0.2, 0) is 14.3 Å². The lowest BCUT2D eigenvalue weighted by Gasteiger charge is -2.30. The van der Waals surface area contributed by atoms with Crippen LogP contribution in [-0.4, -0.2) is 57.0 Å². The summed E-state index contributed by atoms with van der Waals surface area (Å²) >= 11 is 0. The fraction of sp³-hybridized carbons (Fsp3) is 0.909. The number of hydrogen-bond acceptors (Lipinski definition) is 4. The number of piperazine rings is 1. The quantitative estimate of drug-likeness (QED) is 0.678. The van der Waals surface area contributed by atoms with Crippen LogP contribution >= 0.6 is 0 Å². The van der Waals surface area contributed by atoms with Crippen LogP contribution in [0.15, 0.2) is 0 Å². The number of fused-ring (bicyclic) bond motifs is 1. The molecule has 1 N–H and O–H groups in total. The highest BCUT2D eigenvalue weighted by Gasteiger charge is 2.41.